The summed E-state index contributed by atoms with van der Waals surface area (Å²) in [5.41, 5.74) is 0.823. The molecule has 0 bridgehead atoms. The molecule has 0 saturated heterocycles. The molecule has 1 aromatic rings. The third-order valence-corrected chi connectivity index (χ3v) is 2.49. The highest BCUT2D eigenvalue weighted by Gasteiger charge is 2.14. The lowest BCUT2D eigenvalue weighted by Crippen LogP contribution is -2.11. The highest BCUT2D eigenvalue weighted by molar-refractivity contribution is 9.10. The molecule has 0 atom stereocenters. The van der Waals surface area contributed by atoms with Gasteiger partial charge in [-0.15, -0.1) is 0 Å². The van der Waals surface area contributed by atoms with E-state index < -0.39 is 5.97 Å². The van der Waals surface area contributed by atoms with Crippen molar-refractivity contribution in [2.75, 3.05) is 7.11 Å². The minimum absolute atomic E-state index is 0.0461. The molecule has 16 heavy (non-hydrogen) atoms. The van der Waals surface area contributed by atoms with Gasteiger partial charge in [-0.05, 0) is 30.7 Å². The molecule has 0 N–H and O–H groups in total. The Morgan fingerprint density at radius 1 is 1.25 bits per heavy atom. The van der Waals surface area contributed by atoms with Gasteiger partial charge in [0, 0.05) is 4.47 Å². The van der Waals surface area contributed by atoms with Crippen LogP contribution in [0.5, 0.6) is 0 Å². The topological polar surface area (TPSA) is 43.4 Å². The van der Waals surface area contributed by atoms with Gasteiger partial charge in [0.25, 0.3) is 0 Å². The molecule has 4 heteroatoms. The van der Waals surface area contributed by atoms with E-state index in [0.29, 0.717) is 0 Å². The van der Waals surface area contributed by atoms with Crippen LogP contribution in [0.25, 0.3) is 6.08 Å². The van der Waals surface area contributed by atoms with E-state index in [1.54, 1.807) is 12.1 Å². The van der Waals surface area contributed by atoms with Crippen LogP contribution in [-0.2, 0) is 14.3 Å². The van der Waals surface area contributed by atoms with Crippen molar-refractivity contribution in [1.82, 2.24) is 0 Å². The van der Waals surface area contributed by atoms with Crippen LogP contribution in [0.15, 0.2) is 34.3 Å². The summed E-state index contributed by atoms with van der Waals surface area (Å²) < 4.78 is 5.47. The van der Waals surface area contributed by atoms with Gasteiger partial charge >= 0.3 is 5.97 Å². The first-order chi connectivity index (χ1) is 7.54. The fraction of sp³-hybridized carbons (Fsp3) is 0.167. The van der Waals surface area contributed by atoms with Crippen LogP contribution in [0.4, 0.5) is 0 Å². The number of methoxy groups -OCH3 is 1. The van der Waals surface area contributed by atoms with Crippen LogP contribution in [0.2, 0.25) is 0 Å². The second-order valence-electron chi connectivity index (χ2n) is 3.16. The summed E-state index contributed by atoms with van der Waals surface area (Å²) in [6, 6.07) is 7.27. The Morgan fingerprint density at radius 2 is 1.81 bits per heavy atom. The summed E-state index contributed by atoms with van der Waals surface area (Å²) in [7, 11) is 1.25. The number of Topliss-reactive ketones (excluding diaryl/α,β-unsaturated/α-hetero) is 1. The number of rotatable bonds is 3. The molecule has 0 radical (unpaired) electrons. The molecule has 0 fully saturated rings. The van der Waals surface area contributed by atoms with Crippen molar-refractivity contribution >= 4 is 33.8 Å². The van der Waals surface area contributed by atoms with Gasteiger partial charge in [0.1, 0.15) is 5.57 Å². The molecule has 0 spiro atoms. The molecule has 1 rings (SSSR count). The summed E-state index contributed by atoms with van der Waals surface area (Å²) in [4.78, 5) is 22.5. The van der Waals surface area contributed by atoms with Crippen LogP contribution in [0, 0.1) is 0 Å². The Hall–Kier alpha value is -1.42. The van der Waals surface area contributed by atoms with Crippen molar-refractivity contribution in [2.24, 2.45) is 0 Å². The summed E-state index contributed by atoms with van der Waals surface area (Å²) in [6.45, 7) is 1.33. The highest BCUT2D eigenvalue weighted by Crippen LogP contribution is 2.14. The fourth-order valence-corrected chi connectivity index (χ4v) is 1.40. The molecular formula is C12H11BrO3. The van der Waals surface area contributed by atoms with E-state index in [1.807, 2.05) is 12.1 Å². The summed E-state index contributed by atoms with van der Waals surface area (Å²) in [5, 5.41) is 0. The Morgan fingerprint density at radius 3 is 2.25 bits per heavy atom. The van der Waals surface area contributed by atoms with Crippen molar-refractivity contribution in [3.05, 3.63) is 39.9 Å². The molecule has 0 aliphatic rings. The SMILES string of the molecule is COC(=O)/C(=C\c1ccc(Br)cc1)C(C)=O. The monoisotopic (exact) mass is 282 g/mol. The Labute approximate surface area is 102 Å². The third-order valence-electron chi connectivity index (χ3n) is 1.97. The van der Waals surface area contributed by atoms with E-state index in [4.69, 9.17) is 0 Å². The summed E-state index contributed by atoms with van der Waals surface area (Å²) in [6.07, 6.45) is 1.51. The predicted octanol–water partition coefficient (Wildman–Crippen LogP) is 2.59. The van der Waals surface area contributed by atoms with Crippen molar-refractivity contribution in [2.45, 2.75) is 6.92 Å². The number of esters is 1. The standard InChI is InChI=1S/C12H11BrO3/c1-8(14)11(12(15)16-2)7-9-3-5-10(13)6-4-9/h3-7H,1-2H3/b11-7-. The molecule has 0 amide bonds. The molecule has 84 valence electrons. The zero-order valence-electron chi connectivity index (χ0n) is 8.99. The van der Waals surface area contributed by atoms with Crippen molar-refractivity contribution in [1.29, 1.82) is 0 Å². The first kappa shape index (κ1) is 12.6. The normalized spacial score (nSPS) is 11.1. The van der Waals surface area contributed by atoms with Gasteiger partial charge < -0.3 is 4.74 Å². The van der Waals surface area contributed by atoms with Gasteiger partial charge in [0.2, 0.25) is 0 Å². The summed E-state index contributed by atoms with van der Waals surface area (Å²) >= 11 is 3.30. The van der Waals surface area contributed by atoms with Crippen LogP contribution < -0.4 is 0 Å². The largest absolute Gasteiger partial charge is 0.465 e. The number of carbonyl (C=O) groups is 2. The number of hydrogen-bond acceptors (Lipinski definition) is 3. The molecule has 1 aromatic carbocycles. The van der Waals surface area contributed by atoms with Crippen molar-refractivity contribution in [3.63, 3.8) is 0 Å². The maximum atomic E-state index is 11.3. The average Bonchev–Trinajstić information content (AvgIpc) is 2.27. The number of halogens is 1. The lowest BCUT2D eigenvalue weighted by molar-refractivity contribution is -0.137. The van der Waals surface area contributed by atoms with Gasteiger partial charge in [-0.1, -0.05) is 28.1 Å². The van der Waals surface area contributed by atoms with Gasteiger partial charge in [0.05, 0.1) is 7.11 Å². The Bertz CT molecular complexity index is 432. The zero-order valence-corrected chi connectivity index (χ0v) is 10.6. The van der Waals surface area contributed by atoms with E-state index in [1.165, 1.54) is 20.1 Å². The zero-order chi connectivity index (χ0) is 12.1. The minimum atomic E-state index is -0.615. The van der Waals surface area contributed by atoms with Crippen LogP contribution >= 0.6 is 15.9 Å². The van der Waals surface area contributed by atoms with Gasteiger partial charge in [-0.25, -0.2) is 4.79 Å². The van der Waals surface area contributed by atoms with Crippen LogP contribution in [-0.4, -0.2) is 18.9 Å². The van der Waals surface area contributed by atoms with E-state index in [2.05, 4.69) is 20.7 Å². The fourth-order valence-electron chi connectivity index (χ4n) is 1.14. The Balaban J connectivity index is 3.07. The van der Waals surface area contributed by atoms with E-state index >= 15 is 0 Å². The molecule has 0 aliphatic heterocycles. The lowest BCUT2D eigenvalue weighted by atomic mass is 10.1. The first-order valence-corrected chi connectivity index (χ1v) is 5.40. The predicted molar refractivity (Wildman–Crippen MR) is 64.8 cm³/mol. The van der Waals surface area contributed by atoms with Crippen molar-refractivity contribution in [3.8, 4) is 0 Å². The lowest BCUT2D eigenvalue weighted by Gasteiger charge is -2.01. The molecule has 0 unspecified atom stereocenters. The van der Waals surface area contributed by atoms with Gasteiger partial charge in [-0.2, -0.15) is 0 Å². The maximum absolute atomic E-state index is 11.3. The Kier molecular flexibility index (Phi) is 4.43. The van der Waals surface area contributed by atoms with E-state index in [0.717, 1.165) is 10.0 Å². The second kappa shape index (κ2) is 5.61. The smallest absolute Gasteiger partial charge is 0.341 e. The highest BCUT2D eigenvalue weighted by atomic mass is 79.9. The molecule has 0 aliphatic carbocycles. The van der Waals surface area contributed by atoms with Crippen molar-refractivity contribution < 1.29 is 14.3 Å². The third kappa shape index (κ3) is 3.31. The van der Waals surface area contributed by atoms with Gasteiger partial charge in [0.15, 0.2) is 5.78 Å². The summed E-state index contributed by atoms with van der Waals surface area (Å²) in [5.74, 6) is -0.926. The second-order valence-corrected chi connectivity index (χ2v) is 4.07. The van der Waals surface area contributed by atoms with E-state index in [9.17, 15) is 9.59 Å². The minimum Gasteiger partial charge on any atom is -0.465 e. The maximum Gasteiger partial charge on any atom is 0.341 e. The quantitative estimate of drug-likeness (QED) is 0.370. The number of ether oxygens (including phenoxy) is 1. The first-order valence-electron chi connectivity index (χ1n) is 4.61. The number of carbonyl (C=O) groups excluding carboxylic acids is 2. The molecule has 3 nitrogen and oxygen atoms in total. The number of benzene rings is 1. The van der Waals surface area contributed by atoms with Crippen LogP contribution in [0.3, 0.4) is 0 Å². The molecule has 0 saturated carbocycles. The van der Waals surface area contributed by atoms with Gasteiger partial charge in [-0.3, -0.25) is 4.79 Å². The number of ketones is 1. The van der Waals surface area contributed by atoms with Crippen LogP contribution in [0.1, 0.15) is 12.5 Å². The molecular weight excluding hydrogens is 272 g/mol. The molecule has 0 heterocycles. The average molecular weight is 283 g/mol. The number of hydrogen-bond donors (Lipinski definition) is 0. The molecule has 0 aromatic heterocycles. The van der Waals surface area contributed by atoms with E-state index in [-0.39, 0.29) is 11.4 Å².